The largest absolute Gasteiger partial charge is 0.508 e. The number of phenols is 2. The van der Waals surface area contributed by atoms with Gasteiger partial charge in [-0.3, -0.25) is 0 Å². The summed E-state index contributed by atoms with van der Waals surface area (Å²) in [5, 5.41) is 19.6. The average molecular weight is 296 g/mol. The van der Waals surface area contributed by atoms with Crippen LogP contribution in [0.15, 0.2) is 36.4 Å². The molecule has 0 unspecified atom stereocenters. The monoisotopic (exact) mass is 296 g/mol. The first kappa shape index (κ1) is 15.0. The summed E-state index contributed by atoms with van der Waals surface area (Å²) in [5.41, 5.74) is 4.31. The topological polar surface area (TPSA) is 40.5 Å². The number of hydrogen-bond donors (Lipinski definition) is 2. The Hall–Kier alpha value is -1.96. The quantitative estimate of drug-likeness (QED) is 0.832. The second-order valence-corrected chi connectivity index (χ2v) is 6.52. The lowest BCUT2D eigenvalue weighted by atomic mass is 9.84. The molecule has 2 aromatic rings. The Labute approximate surface area is 132 Å². The van der Waals surface area contributed by atoms with Crippen LogP contribution in [0, 0.1) is 6.92 Å². The fraction of sp³-hybridized carbons (Fsp3) is 0.400. The minimum Gasteiger partial charge on any atom is -0.508 e. The van der Waals surface area contributed by atoms with Crippen molar-refractivity contribution in [2.24, 2.45) is 0 Å². The number of benzene rings is 2. The normalized spacial score (nSPS) is 15.9. The van der Waals surface area contributed by atoms with Crippen LogP contribution in [0.4, 0.5) is 0 Å². The van der Waals surface area contributed by atoms with Crippen molar-refractivity contribution < 1.29 is 10.2 Å². The molecule has 1 aliphatic carbocycles. The predicted octanol–water partition coefficient (Wildman–Crippen LogP) is 5.04. The van der Waals surface area contributed by atoms with Gasteiger partial charge in [0.25, 0.3) is 0 Å². The molecule has 2 nitrogen and oxygen atoms in total. The zero-order chi connectivity index (χ0) is 15.5. The van der Waals surface area contributed by atoms with Gasteiger partial charge in [-0.25, -0.2) is 0 Å². The molecule has 0 radical (unpaired) electrons. The Balaban J connectivity index is 1.74. The van der Waals surface area contributed by atoms with Crippen LogP contribution in [0.1, 0.15) is 60.3 Å². The highest BCUT2D eigenvalue weighted by Crippen LogP contribution is 2.33. The van der Waals surface area contributed by atoms with Crippen LogP contribution < -0.4 is 0 Å². The summed E-state index contributed by atoms with van der Waals surface area (Å²) < 4.78 is 0. The van der Waals surface area contributed by atoms with E-state index in [0.717, 1.165) is 17.0 Å². The number of hydrogen-bond acceptors (Lipinski definition) is 2. The van der Waals surface area contributed by atoms with Gasteiger partial charge in [0.05, 0.1) is 0 Å². The van der Waals surface area contributed by atoms with Crippen LogP contribution in [0.25, 0.3) is 0 Å². The molecule has 22 heavy (non-hydrogen) atoms. The van der Waals surface area contributed by atoms with Gasteiger partial charge in [-0.05, 0) is 54.0 Å². The van der Waals surface area contributed by atoms with Crippen LogP contribution in [0.2, 0.25) is 0 Å². The van der Waals surface area contributed by atoms with Crippen LogP contribution in [-0.4, -0.2) is 10.2 Å². The zero-order valence-electron chi connectivity index (χ0n) is 13.2. The molecule has 1 aliphatic rings. The van der Waals surface area contributed by atoms with E-state index in [-0.39, 0.29) is 11.5 Å². The van der Waals surface area contributed by atoms with Crippen molar-refractivity contribution in [1.29, 1.82) is 0 Å². The van der Waals surface area contributed by atoms with Gasteiger partial charge in [-0.15, -0.1) is 0 Å². The van der Waals surface area contributed by atoms with Gasteiger partial charge in [-0.1, -0.05) is 43.5 Å². The number of aromatic hydroxyl groups is 2. The zero-order valence-corrected chi connectivity index (χ0v) is 13.2. The SMILES string of the molecule is Cc1cc(Cc2ccc(C3CCCCC3)cc2)c(O)cc1O. The summed E-state index contributed by atoms with van der Waals surface area (Å²) in [6.45, 7) is 1.85. The molecule has 0 bridgehead atoms. The lowest BCUT2D eigenvalue weighted by molar-refractivity contribution is 0.443. The molecule has 0 aromatic heterocycles. The van der Waals surface area contributed by atoms with Crippen molar-refractivity contribution in [3.05, 3.63) is 58.7 Å². The molecule has 0 heterocycles. The van der Waals surface area contributed by atoms with E-state index in [0.29, 0.717) is 6.42 Å². The lowest BCUT2D eigenvalue weighted by Crippen LogP contribution is -2.04. The van der Waals surface area contributed by atoms with Crippen LogP contribution in [0.3, 0.4) is 0 Å². The molecular weight excluding hydrogens is 272 g/mol. The summed E-state index contributed by atoms with van der Waals surface area (Å²) >= 11 is 0. The predicted molar refractivity (Wildman–Crippen MR) is 89.6 cm³/mol. The minimum absolute atomic E-state index is 0.147. The molecule has 0 amide bonds. The van der Waals surface area contributed by atoms with E-state index in [1.165, 1.54) is 49.3 Å². The molecular formula is C20H24O2. The Kier molecular flexibility index (Phi) is 4.37. The average Bonchev–Trinajstić information content (AvgIpc) is 2.54. The van der Waals surface area contributed by atoms with Crippen molar-refractivity contribution in [2.45, 2.75) is 51.4 Å². The number of aryl methyl sites for hydroxylation is 1. The lowest BCUT2D eigenvalue weighted by Gasteiger charge is -2.22. The first-order valence-electron chi connectivity index (χ1n) is 8.24. The molecule has 1 fully saturated rings. The molecule has 3 rings (SSSR count). The smallest absolute Gasteiger partial charge is 0.122 e. The molecule has 0 spiro atoms. The van der Waals surface area contributed by atoms with Gasteiger partial charge in [-0.2, -0.15) is 0 Å². The first-order valence-corrected chi connectivity index (χ1v) is 8.24. The van der Waals surface area contributed by atoms with E-state index in [1.54, 1.807) is 0 Å². The second-order valence-electron chi connectivity index (χ2n) is 6.52. The highest BCUT2D eigenvalue weighted by Gasteiger charge is 2.15. The Morgan fingerprint density at radius 1 is 0.909 bits per heavy atom. The molecule has 2 heteroatoms. The van der Waals surface area contributed by atoms with Crippen molar-refractivity contribution in [2.75, 3.05) is 0 Å². The fourth-order valence-corrected chi connectivity index (χ4v) is 3.45. The van der Waals surface area contributed by atoms with E-state index in [9.17, 15) is 10.2 Å². The summed E-state index contributed by atoms with van der Waals surface area (Å²) in [7, 11) is 0. The highest BCUT2D eigenvalue weighted by molar-refractivity contribution is 5.46. The van der Waals surface area contributed by atoms with E-state index < -0.39 is 0 Å². The standard InChI is InChI=1S/C20H24O2/c1-14-11-18(20(22)13-19(14)21)12-15-7-9-17(10-8-15)16-5-3-2-4-6-16/h7-11,13,16,21-22H,2-6,12H2,1H3. The van der Waals surface area contributed by atoms with Gasteiger partial charge in [0.1, 0.15) is 11.5 Å². The third kappa shape index (κ3) is 3.27. The minimum atomic E-state index is 0.147. The van der Waals surface area contributed by atoms with Gasteiger partial charge < -0.3 is 10.2 Å². The van der Waals surface area contributed by atoms with Gasteiger partial charge in [0.2, 0.25) is 0 Å². The van der Waals surface area contributed by atoms with E-state index in [1.807, 2.05) is 13.0 Å². The summed E-state index contributed by atoms with van der Waals surface area (Å²) in [5.74, 6) is 1.04. The van der Waals surface area contributed by atoms with Gasteiger partial charge >= 0.3 is 0 Å². The highest BCUT2D eigenvalue weighted by atomic mass is 16.3. The molecule has 1 saturated carbocycles. The van der Waals surface area contributed by atoms with Crippen molar-refractivity contribution in [3.63, 3.8) is 0 Å². The maximum absolute atomic E-state index is 9.98. The number of phenolic OH excluding ortho intramolecular Hbond substituents is 2. The van der Waals surface area contributed by atoms with Crippen LogP contribution in [0.5, 0.6) is 11.5 Å². The summed E-state index contributed by atoms with van der Waals surface area (Å²) in [6, 6.07) is 12.1. The fourth-order valence-electron chi connectivity index (χ4n) is 3.45. The number of rotatable bonds is 3. The summed E-state index contributed by atoms with van der Waals surface area (Å²) in [6.07, 6.45) is 7.42. The Morgan fingerprint density at radius 3 is 2.27 bits per heavy atom. The van der Waals surface area contributed by atoms with E-state index in [4.69, 9.17) is 0 Å². The third-order valence-electron chi connectivity index (χ3n) is 4.85. The third-order valence-corrected chi connectivity index (χ3v) is 4.85. The van der Waals surface area contributed by atoms with Crippen molar-refractivity contribution >= 4 is 0 Å². The van der Waals surface area contributed by atoms with Crippen LogP contribution in [-0.2, 0) is 6.42 Å². The maximum Gasteiger partial charge on any atom is 0.122 e. The molecule has 2 N–H and O–H groups in total. The maximum atomic E-state index is 9.98. The first-order chi connectivity index (χ1) is 10.6. The molecule has 116 valence electrons. The Bertz CT molecular complexity index is 638. The van der Waals surface area contributed by atoms with Crippen molar-refractivity contribution in [3.8, 4) is 11.5 Å². The molecule has 2 aromatic carbocycles. The Morgan fingerprint density at radius 2 is 1.59 bits per heavy atom. The molecule has 0 aliphatic heterocycles. The van der Waals surface area contributed by atoms with Crippen molar-refractivity contribution in [1.82, 2.24) is 0 Å². The van der Waals surface area contributed by atoms with Crippen LogP contribution >= 0.6 is 0 Å². The second kappa shape index (κ2) is 6.43. The molecule has 0 atom stereocenters. The van der Waals surface area contributed by atoms with E-state index in [2.05, 4.69) is 24.3 Å². The van der Waals surface area contributed by atoms with Gasteiger partial charge in [0.15, 0.2) is 0 Å². The molecule has 0 saturated heterocycles. The van der Waals surface area contributed by atoms with Gasteiger partial charge in [0, 0.05) is 12.5 Å². The van der Waals surface area contributed by atoms with E-state index >= 15 is 0 Å². The summed E-state index contributed by atoms with van der Waals surface area (Å²) in [4.78, 5) is 0.